The molecule has 200 valence electrons. The van der Waals surface area contributed by atoms with Crippen LogP contribution in [-0.2, 0) is 29.7 Å². The van der Waals surface area contributed by atoms with Crippen molar-refractivity contribution in [3.8, 4) is 0 Å². The van der Waals surface area contributed by atoms with Gasteiger partial charge in [-0.05, 0) is 39.0 Å². The minimum atomic E-state index is -1.40. The lowest BCUT2D eigenvalue weighted by atomic mass is 10.2. The highest BCUT2D eigenvalue weighted by molar-refractivity contribution is 6.34. The van der Waals surface area contributed by atoms with Crippen LogP contribution in [0, 0.1) is 17.5 Å². The molecule has 1 N–H and O–H groups in total. The number of ether oxygens (including phenoxy) is 1. The van der Waals surface area contributed by atoms with Gasteiger partial charge in [0.25, 0.3) is 5.56 Å². The molecule has 4 aromatic rings. The van der Waals surface area contributed by atoms with Crippen molar-refractivity contribution in [1.82, 2.24) is 18.9 Å². The maximum atomic E-state index is 14.5. The lowest BCUT2D eigenvalue weighted by Crippen LogP contribution is -2.43. The van der Waals surface area contributed by atoms with Crippen LogP contribution in [0.1, 0.15) is 26.3 Å². The highest BCUT2D eigenvalue weighted by Gasteiger charge is 2.21. The van der Waals surface area contributed by atoms with Crippen LogP contribution in [0.15, 0.2) is 46.1 Å². The summed E-state index contributed by atoms with van der Waals surface area (Å²) in [7, 11) is 1.72. The maximum Gasteiger partial charge on any atom is 0.333 e. The van der Waals surface area contributed by atoms with E-state index in [0.29, 0.717) is 27.6 Å². The third-order valence-electron chi connectivity index (χ3n) is 5.37. The van der Waals surface area contributed by atoms with E-state index in [4.69, 9.17) is 16.3 Å². The number of anilines is 2. The number of benzene rings is 2. The molecule has 0 spiro atoms. The van der Waals surface area contributed by atoms with Gasteiger partial charge in [-0.25, -0.2) is 22.5 Å². The minimum absolute atomic E-state index is 0.130. The molecular formula is C25H23ClF3N5O4. The Balaban J connectivity index is 1.84. The molecule has 0 atom stereocenters. The molecule has 0 saturated carbocycles. The number of esters is 1. The highest BCUT2D eigenvalue weighted by atomic mass is 35.5. The fourth-order valence-electron chi connectivity index (χ4n) is 3.78. The number of nitrogens with zero attached hydrogens (tertiary/aromatic N) is 4. The molecule has 0 saturated heterocycles. The molecule has 0 amide bonds. The van der Waals surface area contributed by atoms with Gasteiger partial charge < -0.3 is 10.1 Å². The molecule has 0 radical (unpaired) electrons. The third-order valence-corrected chi connectivity index (χ3v) is 5.69. The fraction of sp³-hybridized carbons (Fsp3) is 0.280. The second-order valence-electron chi connectivity index (χ2n) is 9.59. The van der Waals surface area contributed by atoms with Gasteiger partial charge in [0, 0.05) is 36.3 Å². The van der Waals surface area contributed by atoms with Crippen molar-refractivity contribution in [1.29, 1.82) is 0 Å². The third kappa shape index (κ3) is 5.75. The number of rotatable bonds is 6. The van der Waals surface area contributed by atoms with Gasteiger partial charge in [0.05, 0.1) is 22.8 Å². The number of halogens is 4. The van der Waals surface area contributed by atoms with E-state index in [2.05, 4.69) is 10.4 Å². The molecule has 0 aliphatic carbocycles. The van der Waals surface area contributed by atoms with Gasteiger partial charge in [0.2, 0.25) is 0 Å². The first kappa shape index (κ1) is 27.0. The Morgan fingerprint density at radius 2 is 1.71 bits per heavy atom. The highest BCUT2D eigenvalue weighted by Crippen LogP contribution is 2.30. The number of nitrogens with one attached hydrogen (secondary N) is 1. The first-order valence-corrected chi connectivity index (χ1v) is 11.7. The van der Waals surface area contributed by atoms with Crippen LogP contribution in [0.5, 0.6) is 0 Å². The molecule has 2 heterocycles. The number of hydrogen-bond donors (Lipinski definition) is 1. The maximum absolute atomic E-state index is 14.5. The predicted octanol–water partition coefficient (Wildman–Crippen LogP) is 4.10. The van der Waals surface area contributed by atoms with Crippen molar-refractivity contribution in [3.63, 3.8) is 0 Å². The number of aromatic nitrogens is 4. The van der Waals surface area contributed by atoms with Crippen LogP contribution in [-0.4, -0.2) is 30.5 Å². The van der Waals surface area contributed by atoms with Crippen LogP contribution < -0.4 is 16.6 Å². The summed E-state index contributed by atoms with van der Waals surface area (Å²) in [6.07, 6.45) is 1.72. The van der Waals surface area contributed by atoms with Crippen LogP contribution in [0.3, 0.4) is 0 Å². The van der Waals surface area contributed by atoms with E-state index in [9.17, 15) is 27.6 Å². The van der Waals surface area contributed by atoms with Crippen LogP contribution >= 0.6 is 11.6 Å². The van der Waals surface area contributed by atoms with Crippen molar-refractivity contribution in [2.24, 2.45) is 7.05 Å². The van der Waals surface area contributed by atoms with Crippen molar-refractivity contribution in [2.75, 3.05) is 5.32 Å². The van der Waals surface area contributed by atoms with Gasteiger partial charge in [-0.15, -0.1) is 0 Å². The predicted molar refractivity (Wildman–Crippen MR) is 135 cm³/mol. The number of aryl methyl sites for hydroxylation is 1. The first-order chi connectivity index (χ1) is 17.7. The summed E-state index contributed by atoms with van der Waals surface area (Å²) in [5.74, 6) is -4.82. The monoisotopic (exact) mass is 549 g/mol. The Hall–Kier alpha value is -4.06. The topological polar surface area (TPSA) is 100 Å². The lowest BCUT2D eigenvalue weighted by molar-refractivity contribution is -0.155. The van der Waals surface area contributed by atoms with E-state index < -0.39 is 53.4 Å². The Morgan fingerprint density at radius 1 is 1.03 bits per heavy atom. The van der Waals surface area contributed by atoms with Crippen molar-refractivity contribution < 1.29 is 22.7 Å². The zero-order valence-electron chi connectivity index (χ0n) is 20.8. The molecule has 2 aromatic heterocycles. The smallest absolute Gasteiger partial charge is 0.333 e. The Bertz CT molecular complexity index is 1690. The summed E-state index contributed by atoms with van der Waals surface area (Å²) in [6, 6.07) is 5.17. The summed E-state index contributed by atoms with van der Waals surface area (Å²) < 4.78 is 50.2. The van der Waals surface area contributed by atoms with Gasteiger partial charge in [-0.3, -0.25) is 18.8 Å². The van der Waals surface area contributed by atoms with Crippen molar-refractivity contribution in [3.05, 3.63) is 85.4 Å². The number of hydrogen-bond acceptors (Lipinski definition) is 6. The second kappa shape index (κ2) is 10.0. The number of carbonyl (C=O) groups excluding carboxylic acids is 1. The normalized spacial score (nSPS) is 11.7. The summed E-state index contributed by atoms with van der Waals surface area (Å²) in [5.41, 5.74) is -2.24. The number of fused-ring (bicyclic) bond motifs is 1. The molecule has 0 unspecified atom stereocenters. The zero-order valence-corrected chi connectivity index (χ0v) is 21.6. The molecule has 0 fully saturated rings. The van der Waals surface area contributed by atoms with Gasteiger partial charge in [0.1, 0.15) is 23.8 Å². The van der Waals surface area contributed by atoms with E-state index in [0.717, 1.165) is 10.6 Å². The molecule has 9 nitrogen and oxygen atoms in total. The molecular weight excluding hydrogens is 527 g/mol. The second-order valence-corrected chi connectivity index (χ2v) is 9.99. The summed E-state index contributed by atoms with van der Waals surface area (Å²) >= 11 is 6.38. The zero-order chi connectivity index (χ0) is 27.9. The van der Waals surface area contributed by atoms with Crippen molar-refractivity contribution in [2.45, 2.75) is 39.5 Å². The molecule has 0 aliphatic heterocycles. The lowest BCUT2D eigenvalue weighted by Gasteiger charge is -2.21. The summed E-state index contributed by atoms with van der Waals surface area (Å²) in [5, 5.41) is 8.03. The van der Waals surface area contributed by atoms with Gasteiger partial charge in [-0.1, -0.05) is 11.6 Å². The Labute approximate surface area is 219 Å². The van der Waals surface area contributed by atoms with Crippen LogP contribution in [0.25, 0.3) is 10.9 Å². The molecule has 0 aliphatic rings. The SMILES string of the molecule is Cn1cc2cc(Nc3cc(=O)n(CC(=O)OC(C)(C)C)c(=O)n3Cc3cc(F)c(F)cc3F)c(Cl)cc2n1. The Kier molecular flexibility index (Phi) is 7.11. The van der Waals surface area contributed by atoms with E-state index in [1.165, 1.54) is 0 Å². The molecule has 13 heteroatoms. The summed E-state index contributed by atoms with van der Waals surface area (Å²) in [6.45, 7) is 3.53. The molecule has 38 heavy (non-hydrogen) atoms. The Morgan fingerprint density at radius 3 is 2.39 bits per heavy atom. The van der Waals surface area contributed by atoms with Crippen molar-refractivity contribution >= 4 is 40.0 Å². The van der Waals surface area contributed by atoms with Gasteiger partial charge in [-0.2, -0.15) is 5.10 Å². The average molecular weight is 550 g/mol. The van der Waals surface area contributed by atoms with Crippen LogP contribution in [0.2, 0.25) is 5.02 Å². The fourth-order valence-corrected chi connectivity index (χ4v) is 3.98. The first-order valence-electron chi connectivity index (χ1n) is 11.3. The van der Waals surface area contributed by atoms with Gasteiger partial charge >= 0.3 is 11.7 Å². The molecule has 2 aromatic carbocycles. The van der Waals surface area contributed by atoms with E-state index >= 15 is 0 Å². The average Bonchev–Trinajstić information content (AvgIpc) is 3.14. The summed E-state index contributed by atoms with van der Waals surface area (Å²) in [4.78, 5) is 38.7. The number of carbonyl (C=O) groups is 1. The van der Waals surface area contributed by atoms with Crippen LogP contribution in [0.4, 0.5) is 24.7 Å². The van der Waals surface area contributed by atoms with Gasteiger partial charge in [0.15, 0.2) is 11.6 Å². The van der Waals surface area contributed by atoms with E-state index in [1.807, 2.05) is 0 Å². The quantitative estimate of drug-likeness (QED) is 0.287. The molecule has 4 rings (SSSR count). The van der Waals surface area contributed by atoms with E-state index in [1.54, 1.807) is 50.8 Å². The molecule has 0 bridgehead atoms. The standard InChI is InChI=1S/C25H23ClF3N5O4/c1-25(2,3)38-23(36)12-34-22(35)9-21(30-20-6-14-10-32(4)31-19(14)7-15(20)26)33(24(34)37)11-13-5-17(28)18(29)8-16(13)27/h5-10,30H,11-12H2,1-4H3. The minimum Gasteiger partial charge on any atom is -0.459 e. The largest absolute Gasteiger partial charge is 0.459 e. The van der Waals surface area contributed by atoms with E-state index in [-0.39, 0.29) is 22.1 Å².